The lowest BCUT2D eigenvalue weighted by Gasteiger charge is -2.40. The number of anilines is 3. The summed E-state index contributed by atoms with van der Waals surface area (Å²) in [5.74, 6) is -0.608. The van der Waals surface area contributed by atoms with Gasteiger partial charge in [-0.05, 0) is 74.1 Å². The van der Waals surface area contributed by atoms with Crippen LogP contribution in [0.15, 0.2) is 113 Å². The number of ether oxygens (including phenoxy) is 1. The zero-order valence-electron chi connectivity index (χ0n) is 27.1. The molecule has 49 heavy (non-hydrogen) atoms. The minimum absolute atomic E-state index is 0.111. The van der Waals surface area contributed by atoms with Crippen LogP contribution < -0.4 is 15.5 Å². The van der Waals surface area contributed by atoms with E-state index < -0.39 is 5.25 Å². The number of rotatable bonds is 8. The number of esters is 1. The molecule has 3 unspecified atom stereocenters. The average molecular weight is 708 g/mol. The number of amides is 3. The molecular weight excluding hydrogens is 671 g/mol. The first kappa shape index (κ1) is 33.3. The van der Waals surface area contributed by atoms with E-state index >= 15 is 0 Å². The van der Waals surface area contributed by atoms with Crippen molar-refractivity contribution in [1.82, 2.24) is 0 Å². The van der Waals surface area contributed by atoms with Crippen LogP contribution in [0.1, 0.15) is 57.8 Å². The van der Waals surface area contributed by atoms with Crippen LogP contribution in [0.5, 0.6) is 0 Å². The molecule has 7 nitrogen and oxygen atoms in total. The van der Waals surface area contributed by atoms with Gasteiger partial charge < -0.3 is 15.4 Å². The van der Waals surface area contributed by atoms with Gasteiger partial charge in [-0.15, -0.1) is 34.9 Å². The first-order valence-electron chi connectivity index (χ1n) is 16.6. The molecular formula is C39H37N3O4S3. The number of nitrogens with zero attached hydrogens (tertiary/aromatic N) is 1. The van der Waals surface area contributed by atoms with Crippen LogP contribution in [0.2, 0.25) is 0 Å². The van der Waals surface area contributed by atoms with Gasteiger partial charge in [0, 0.05) is 20.4 Å². The summed E-state index contributed by atoms with van der Waals surface area (Å²) in [5.41, 5.74) is 3.87. The van der Waals surface area contributed by atoms with Crippen molar-refractivity contribution >= 4 is 69.1 Å². The molecule has 2 N–H and O–H groups in total. The number of thiophene rings is 1. The van der Waals surface area contributed by atoms with Gasteiger partial charge in [-0.1, -0.05) is 79.3 Å². The van der Waals surface area contributed by atoms with Crippen molar-refractivity contribution in [3.8, 4) is 0 Å². The molecule has 10 heteroatoms. The number of aryl methyl sites for hydroxylation is 1. The number of carbonyl (C=O) groups is 3. The Morgan fingerprint density at radius 3 is 2.57 bits per heavy atom. The van der Waals surface area contributed by atoms with Crippen LogP contribution in [0.25, 0.3) is 0 Å². The molecule has 0 bridgehead atoms. The molecule has 250 valence electrons. The Bertz CT molecular complexity index is 1920. The van der Waals surface area contributed by atoms with Gasteiger partial charge in [0.25, 0.3) is 0 Å². The lowest BCUT2D eigenvalue weighted by molar-refractivity contribution is -0.115. The Morgan fingerprint density at radius 1 is 0.918 bits per heavy atom. The quantitative estimate of drug-likeness (QED) is 0.108. The van der Waals surface area contributed by atoms with E-state index in [1.54, 1.807) is 18.7 Å². The summed E-state index contributed by atoms with van der Waals surface area (Å²) in [6.07, 6.45) is 13.1. The molecule has 2 aliphatic carbocycles. The van der Waals surface area contributed by atoms with E-state index in [1.807, 2.05) is 89.8 Å². The normalized spacial score (nSPS) is 18.3. The minimum Gasteiger partial charge on any atom is -0.462 e. The Kier molecular flexibility index (Phi) is 10.3. The maximum absolute atomic E-state index is 14.2. The summed E-state index contributed by atoms with van der Waals surface area (Å²) in [5, 5.41) is 6.34. The Morgan fingerprint density at radius 2 is 1.71 bits per heavy atom. The molecule has 0 spiro atoms. The highest BCUT2D eigenvalue weighted by Gasteiger charge is 2.37. The number of nitrogens with one attached hydrogen (secondary N) is 2. The van der Waals surface area contributed by atoms with E-state index in [-0.39, 0.29) is 35.8 Å². The molecule has 0 radical (unpaired) electrons. The molecule has 0 saturated heterocycles. The van der Waals surface area contributed by atoms with Gasteiger partial charge in [0.05, 0.1) is 29.1 Å². The standard InChI is InChI=1S/C39H37N3O4S3/c1-2-46-38(44)34-28-18-7-4-8-21-31(28)49-37(34)41-36(43)35(25-14-5-3-6-15-25)47-27-17-13-16-26(24-27)40-39(45)42-29-19-9-11-22-32(29)48-33-23-12-10-20-30(33)42/h3,5-6,9-17,19-20,22-24,29,32,35H,2,4,7-8,18,21H2,1H3,(H,40,45)(H,41,43). The highest BCUT2D eigenvalue weighted by Crippen LogP contribution is 2.44. The third kappa shape index (κ3) is 7.22. The largest absolute Gasteiger partial charge is 0.462 e. The van der Waals surface area contributed by atoms with Crippen molar-refractivity contribution in [1.29, 1.82) is 0 Å². The minimum atomic E-state index is -0.616. The van der Waals surface area contributed by atoms with Crippen LogP contribution >= 0.6 is 34.9 Å². The van der Waals surface area contributed by atoms with Crippen molar-refractivity contribution in [2.45, 2.75) is 65.4 Å². The van der Waals surface area contributed by atoms with Crippen molar-refractivity contribution in [2.75, 3.05) is 22.1 Å². The SMILES string of the molecule is CCOC(=O)c1c(NC(=O)C(Sc2cccc(NC(=O)N3c4ccccc4SC4C=CC=CC43)c2)c2ccccc2)sc2c1CCCCC2. The molecule has 3 amide bonds. The first-order valence-corrected chi connectivity index (χ1v) is 19.2. The number of fused-ring (bicyclic) bond motifs is 3. The number of hydrogen-bond donors (Lipinski definition) is 2. The maximum Gasteiger partial charge on any atom is 0.341 e. The Labute approximate surface area is 299 Å². The second-order valence-corrected chi connectivity index (χ2v) is 15.5. The van der Waals surface area contributed by atoms with Crippen molar-refractivity contribution in [3.05, 3.63) is 125 Å². The number of thioether (sulfide) groups is 2. The molecule has 2 heterocycles. The lowest BCUT2D eigenvalue weighted by atomic mass is 10.1. The second-order valence-electron chi connectivity index (χ2n) is 12.0. The van der Waals surface area contributed by atoms with Gasteiger partial charge in [0.1, 0.15) is 10.3 Å². The molecule has 3 aromatic carbocycles. The van der Waals surface area contributed by atoms with Crippen molar-refractivity contribution < 1.29 is 19.1 Å². The van der Waals surface area contributed by atoms with Gasteiger partial charge in [0.2, 0.25) is 5.91 Å². The zero-order valence-corrected chi connectivity index (χ0v) is 29.5. The third-order valence-electron chi connectivity index (χ3n) is 8.78. The van der Waals surface area contributed by atoms with Gasteiger partial charge in [-0.2, -0.15) is 0 Å². The van der Waals surface area contributed by atoms with E-state index in [2.05, 4.69) is 28.9 Å². The summed E-state index contributed by atoms with van der Waals surface area (Å²) in [4.78, 5) is 46.2. The van der Waals surface area contributed by atoms with E-state index in [0.29, 0.717) is 16.3 Å². The predicted octanol–water partition coefficient (Wildman–Crippen LogP) is 9.67. The van der Waals surface area contributed by atoms with E-state index in [0.717, 1.165) is 63.6 Å². The number of benzene rings is 3. The highest BCUT2D eigenvalue weighted by atomic mass is 32.2. The Hall–Kier alpha value is -4.25. The predicted molar refractivity (Wildman–Crippen MR) is 201 cm³/mol. The number of para-hydroxylation sites is 1. The third-order valence-corrected chi connectivity index (χ3v) is 12.5. The fourth-order valence-electron chi connectivity index (χ4n) is 6.52. The van der Waals surface area contributed by atoms with Crippen LogP contribution in [0, 0.1) is 0 Å². The number of allylic oxidation sites excluding steroid dienone is 2. The van der Waals surface area contributed by atoms with Crippen molar-refractivity contribution in [3.63, 3.8) is 0 Å². The second kappa shape index (κ2) is 15.1. The van der Waals surface area contributed by atoms with Crippen molar-refractivity contribution in [2.24, 2.45) is 0 Å². The van der Waals surface area contributed by atoms with Gasteiger partial charge in [-0.25, -0.2) is 9.59 Å². The van der Waals surface area contributed by atoms with E-state index in [1.165, 1.54) is 23.1 Å². The summed E-state index contributed by atoms with van der Waals surface area (Å²) in [7, 11) is 0. The lowest BCUT2D eigenvalue weighted by Crippen LogP contribution is -2.49. The first-order chi connectivity index (χ1) is 24.0. The summed E-state index contributed by atoms with van der Waals surface area (Å²) in [6, 6.07) is 24.9. The summed E-state index contributed by atoms with van der Waals surface area (Å²) < 4.78 is 5.46. The summed E-state index contributed by atoms with van der Waals surface area (Å²) >= 11 is 4.67. The van der Waals surface area contributed by atoms with Gasteiger partial charge in [-0.3, -0.25) is 9.69 Å². The van der Waals surface area contributed by atoms with Gasteiger partial charge in [0.15, 0.2) is 0 Å². The number of carbonyl (C=O) groups excluding carboxylic acids is 3. The van der Waals surface area contributed by atoms with Crippen LogP contribution in [-0.4, -0.2) is 35.8 Å². The molecule has 3 aliphatic rings. The maximum atomic E-state index is 14.2. The molecule has 0 fully saturated rings. The fraction of sp³-hybridized carbons (Fsp3) is 0.256. The van der Waals surface area contributed by atoms with Crippen LogP contribution in [0.3, 0.4) is 0 Å². The average Bonchev–Trinajstić information content (AvgIpc) is 3.29. The molecule has 0 saturated carbocycles. The Balaban J connectivity index is 1.14. The number of urea groups is 1. The van der Waals surface area contributed by atoms with E-state index in [9.17, 15) is 14.4 Å². The fourth-order valence-corrected chi connectivity index (χ4v) is 10.1. The molecule has 4 aromatic rings. The number of hydrogen-bond acceptors (Lipinski definition) is 7. The highest BCUT2D eigenvalue weighted by molar-refractivity contribution is 8.00. The van der Waals surface area contributed by atoms with Crippen LogP contribution in [-0.2, 0) is 22.4 Å². The molecule has 1 aromatic heterocycles. The molecule has 3 atom stereocenters. The monoisotopic (exact) mass is 707 g/mol. The topological polar surface area (TPSA) is 87.7 Å². The van der Waals surface area contributed by atoms with Crippen LogP contribution in [0.4, 0.5) is 21.2 Å². The molecule has 1 aliphatic heterocycles. The summed E-state index contributed by atoms with van der Waals surface area (Å²) in [6.45, 7) is 2.07. The van der Waals surface area contributed by atoms with Gasteiger partial charge >= 0.3 is 12.0 Å². The smallest absolute Gasteiger partial charge is 0.341 e. The zero-order chi connectivity index (χ0) is 33.7. The molecule has 7 rings (SSSR count). The van der Waals surface area contributed by atoms with E-state index in [4.69, 9.17) is 4.74 Å².